The standard InChI is InChI=1S/C17H26N2O2/c1-12-8-13(2)10-15(9-12)21-7-5-17(20)19-16-4-6-18-11-14(16)3/h8-10,14,16,18H,4-7,11H2,1-3H3,(H,19,20). The van der Waals surface area contributed by atoms with Crippen molar-refractivity contribution in [2.45, 2.75) is 39.7 Å². The molecule has 0 radical (unpaired) electrons. The van der Waals surface area contributed by atoms with Gasteiger partial charge < -0.3 is 15.4 Å². The van der Waals surface area contributed by atoms with Crippen molar-refractivity contribution in [3.63, 3.8) is 0 Å². The van der Waals surface area contributed by atoms with E-state index in [0.717, 1.165) is 25.3 Å². The van der Waals surface area contributed by atoms with Crippen LogP contribution in [0.2, 0.25) is 0 Å². The summed E-state index contributed by atoms with van der Waals surface area (Å²) in [5.74, 6) is 1.41. The van der Waals surface area contributed by atoms with E-state index in [2.05, 4.69) is 23.6 Å². The Labute approximate surface area is 127 Å². The van der Waals surface area contributed by atoms with Gasteiger partial charge in [0.1, 0.15) is 5.75 Å². The fourth-order valence-electron chi connectivity index (χ4n) is 2.79. The third-order valence-electron chi connectivity index (χ3n) is 3.92. The minimum atomic E-state index is 0.0816. The summed E-state index contributed by atoms with van der Waals surface area (Å²) in [7, 11) is 0. The molecule has 1 aliphatic heterocycles. The summed E-state index contributed by atoms with van der Waals surface area (Å²) in [6, 6.07) is 6.40. The lowest BCUT2D eigenvalue weighted by Crippen LogP contribution is -2.48. The van der Waals surface area contributed by atoms with Crippen LogP contribution >= 0.6 is 0 Å². The second kappa shape index (κ2) is 7.46. The zero-order valence-electron chi connectivity index (χ0n) is 13.2. The lowest BCUT2D eigenvalue weighted by atomic mass is 9.95. The fourth-order valence-corrected chi connectivity index (χ4v) is 2.79. The van der Waals surface area contributed by atoms with Crippen LogP contribution in [0.3, 0.4) is 0 Å². The molecule has 4 nitrogen and oxygen atoms in total. The molecule has 0 spiro atoms. The number of benzene rings is 1. The minimum absolute atomic E-state index is 0.0816. The number of ether oxygens (including phenoxy) is 1. The molecule has 1 fully saturated rings. The Morgan fingerprint density at radius 2 is 2.05 bits per heavy atom. The molecule has 1 aromatic rings. The Morgan fingerprint density at radius 1 is 1.33 bits per heavy atom. The number of rotatable bonds is 5. The van der Waals surface area contributed by atoms with E-state index in [1.54, 1.807) is 0 Å². The highest BCUT2D eigenvalue weighted by Crippen LogP contribution is 2.16. The van der Waals surface area contributed by atoms with E-state index in [1.165, 1.54) is 11.1 Å². The first-order chi connectivity index (χ1) is 10.0. The van der Waals surface area contributed by atoms with Gasteiger partial charge in [0.05, 0.1) is 13.0 Å². The molecule has 1 aromatic carbocycles. The number of hydrogen-bond acceptors (Lipinski definition) is 3. The maximum atomic E-state index is 12.0. The van der Waals surface area contributed by atoms with Crippen molar-refractivity contribution >= 4 is 5.91 Å². The van der Waals surface area contributed by atoms with Crippen LogP contribution in [0.15, 0.2) is 18.2 Å². The predicted molar refractivity (Wildman–Crippen MR) is 84.6 cm³/mol. The minimum Gasteiger partial charge on any atom is -0.493 e. The smallest absolute Gasteiger partial charge is 0.223 e. The fraction of sp³-hybridized carbons (Fsp3) is 0.588. The largest absolute Gasteiger partial charge is 0.493 e. The zero-order chi connectivity index (χ0) is 15.2. The lowest BCUT2D eigenvalue weighted by molar-refractivity contribution is -0.122. The van der Waals surface area contributed by atoms with Crippen LogP contribution in [-0.2, 0) is 4.79 Å². The average molecular weight is 290 g/mol. The Hall–Kier alpha value is -1.55. The molecule has 1 amide bonds. The van der Waals surface area contributed by atoms with E-state index in [9.17, 15) is 4.79 Å². The molecule has 0 aliphatic carbocycles. The van der Waals surface area contributed by atoms with Crippen molar-refractivity contribution < 1.29 is 9.53 Å². The molecule has 2 rings (SSSR count). The molecule has 0 bridgehead atoms. The first-order valence-electron chi connectivity index (χ1n) is 7.76. The van der Waals surface area contributed by atoms with Gasteiger partial charge in [-0.05, 0) is 62.5 Å². The van der Waals surface area contributed by atoms with Crippen molar-refractivity contribution in [2.75, 3.05) is 19.7 Å². The summed E-state index contributed by atoms with van der Waals surface area (Å²) >= 11 is 0. The van der Waals surface area contributed by atoms with Crippen molar-refractivity contribution in [2.24, 2.45) is 5.92 Å². The molecule has 2 unspecified atom stereocenters. The molecular weight excluding hydrogens is 264 g/mol. The van der Waals surface area contributed by atoms with Gasteiger partial charge in [0, 0.05) is 6.04 Å². The quantitative estimate of drug-likeness (QED) is 0.874. The highest BCUT2D eigenvalue weighted by atomic mass is 16.5. The molecule has 116 valence electrons. The molecule has 21 heavy (non-hydrogen) atoms. The number of piperidine rings is 1. The maximum Gasteiger partial charge on any atom is 0.223 e. The van der Waals surface area contributed by atoms with E-state index in [0.29, 0.717) is 25.0 Å². The van der Waals surface area contributed by atoms with Crippen LogP contribution in [0, 0.1) is 19.8 Å². The second-order valence-electron chi connectivity index (χ2n) is 6.07. The molecule has 0 saturated carbocycles. The topological polar surface area (TPSA) is 50.4 Å². The molecule has 1 heterocycles. The van der Waals surface area contributed by atoms with Crippen LogP contribution in [0.25, 0.3) is 0 Å². The van der Waals surface area contributed by atoms with Crippen molar-refractivity contribution in [3.05, 3.63) is 29.3 Å². The number of hydrogen-bond donors (Lipinski definition) is 2. The first kappa shape index (κ1) is 15.8. The molecule has 2 N–H and O–H groups in total. The van der Waals surface area contributed by atoms with Gasteiger partial charge in [0.25, 0.3) is 0 Å². The molecule has 4 heteroatoms. The number of carbonyl (C=O) groups excluding carboxylic acids is 1. The summed E-state index contributed by atoms with van der Waals surface area (Å²) in [5.41, 5.74) is 2.36. The van der Waals surface area contributed by atoms with E-state index in [1.807, 2.05) is 26.0 Å². The summed E-state index contributed by atoms with van der Waals surface area (Å²) in [4.78, 5) is 12.0. The third-order valence-corrected chi connectivity index (χ3v) is 3.92. The molecule has 1 aliphatic rings. The first-order valence-corrected chi connectivity index (χ1v) is 7.76. The number of carbonyl (C=O) groups is 1. The van der Waals surface area contributed by atoms with Crippen LogP contribution in [0.5, 0.6) is 5.75 Å². The van der Waals surface area contributed by atoms with E-state index < -0.39 is 0 Å². The summed E-state index contributed by atoms with van der Waals surface area (Å²) in [6.45, 7) is 8.64. The third kappa shape index (κ3) is 5.05. The lowest BCUT2D eigenvalue weighted by Gasteiger charge is -2.30. The van der Waals surface area contributed by atoms with Gasteiger partial charge in [0.2, 0.25) is 5.91 Å². The van der Waals surface area contributed by atoms with Gasteiger partial charge in [0.15, 0.2) is 0 Å². The van der Waals surface area contributed by atoms with Gasteiger partial charge in [-0.25, -0.2) is 0 Å². The summed E-state index contributed by atoms with van der Waals surface area (Å²) in [6.07, 6.45) is 1.41. The Bertz CT molecular complexity index is 467. The van der Waals surface area contributed by atoms with Gasteiger partial charge in [-0.15, -0.1) is 0 Å². The molecule has 0 aromatic heterocycles. The molecular formula is C17H26N2O2. The van der Waals surface area contributed by atoms with Crippen LogP contribution in [0.1, 0.15) is 30.9 Å². The van der Waals surface area contributed by atoms with Crippen molar-refractivity contribution in [1.29, 1.82) is 0 Å². The van der Waals surface area contributed by atoms with Crippen LogP contribution < -0.4 is 15.4 Å². The SMILES string of the molecule is Cc1cc(C)cc(OCCC(=O)NC2CCNCC2C)c1. The van der Waals surface area contributed by atoms with Gasteiger partial charge in [-0.3, -0.25) is 4.79 Å². The number of amides is 1. The summed E-state index contributed by atoms with van der Waals surface area (Å²) in [5, 5.41) is 6.46. The monoisotopic (exact) mass is 290 g/mol. The number of nitrogens with one attached hydrogen (secondary N) is 2. The van der Waals surface area contributed by atoms with Gasteiger partial charge >= 0.3 is 0 Å². The second-order valence-corrected chi connectivity index (χ2v) is 6.07. The summed E-state index contributed by atoms with van der Waals surface area (Å²) < 4.78 is 5.68. The Balaban J connectivity index is 1.73. The number of aryl methyl sites for hydroxylation is 2. The Kier molecular flexibility index (Phi) is 5.62. The zero-order valence-corrected chi connectivity index (χ0v) is 13.2. The normalized spacial score (nSPS) is 21.9. The van der Waals surface area contributed by atoms with Crippen LogP contribution in [-0.4, -0.2) is 31.6 Å². The van der Waals surface area contributed by atoms with Gasteiger partial charge in [-0.1, -0.05) is 13.0 Å². The van der Waals surface area contributed by atoms with Crippen LogP contribution in [0.4, 0.5) is 0 Å². The van der Waals surface area contributed by atoms with E-state index >= 15 is 0 Å². The highest BCUT2D eigenvalue weighted by molar-refractivity contribution is 5.76. The molecule has 2 atom stereocenters. The van der Waals surface area contributed by atoms with Gasteiger partial charge in [-0.2, -0.15) is 0 Å². The van der Waals surface area contributed by atoms with Crippen molar-refractivity contribution in [1.82, 2.24) is 10.6 Å². The predicted octanol–water partition coefficient (Wildman–Crippen LogP) is 2.19. The van der Waals surface area contributed by atoms with Crippen molar-refractivity contribution in [3.8, 4) is 5.75 Å². The highest BCUT2D eigenvalue weighted by Gasteiger charge is 2.22. The van der Waals surface area contributed by atoms with E-state index in [4.69, 9.17) is 4.74 Å². The maximum absolute atomic E-state index is 12.0. The average Bonchev–Trinajstić information content (AvgIpc) is 2.40. The Morgan fingerprint density at radius 3 is 2.71 bits per heavy atom. The van der Waals surface area contributed by atoms with E-state index in [-0.39, 0.29) is 5.91 Å². The molecule has 1 saturated heterocycles.